The number of para-hydroxylation sites is 1. The summed E-state index contributed by atoms with van der Waals surface area (Å²) in [6.45, 7) is 0. The highest BCUT2D eigenvalue weighted by molar-refractivity contribution is 9.10. The Morgan fingerprint density at radius 2 is 1.79 bits per heavy atom. The van der Waals surface area contributed by atoms with Gasteiger partial charge in [0.05, 0.1) is 5.69 Å². The summed E-state index contributed by atoms with van der Waals surface area (Å²) in [6.07, 6.45) is 2.86. The van der Waals surface area contributed by atoms with Crippen LogP contribution in [0.1, 0.15) is 25.7 Å². The van der Waals surface area contributed by atoms with E-state index >= 15 is 0 Å². The van der Waals surface area contributed by atoms with Gasteiger partial charge in [-0.25, -0.2) is 0 Å². The van der Waals surface area contributed by atoms with Crippen LogP contribution in [0.15, 0.2) is 28.7 Å². The quantitative estimate of drug-likeness (QED) is 0.923. The van der Waals surface area contributed by atoms with Gasteiger partial charge in [-0.2, -0.15) is 0 Å². The zero-order chi connectivity index (χ0) is 13.8. The summed E-state index contributed by atoms with van der Waals surface area (Å²) in [6, 6.07) is 7.27. The molecule has 1 fully saturated rings. The van der Waals surface area contributed by atoms with Crippen LogP contribution >= 0.6 is 15.9 Å². The highest BCUT2D eigenvalue weighted by Crippen LogP contribution is 2.31. The van der Waals surface area contributed by atoms with Gasteiger partial charge in [-0.15, -0.1) is 0 Å². The molecule has 0 spiro atoms. The molecule has 0 saturated heterocycles. The summed E-state index contributed by atoms with van der Waals surface area (Å²) in [4.78, 5) is 23.3. The van der Waals surface area contributed by atoms with Gasteiger partial charge >= 0.3 is 0 Å². The van der Waals surface area contributed by atoms with Crippen molar-refractivity contribution in [2.75, 3.05) is 5.32 Å². The summed E-state index contributed by atoms with van der Waals surface area (Å²) >= 11 is 3.35. The van der Waals surface area contributed by atoms with Crippen molar-refractivity contribution in [3.63, 3.8) is 0 Å². The van der Waals surface area contributed by atoms with Gasteiger partial charge in [-0.05, 0) is 40.9 Å². The number of rotatable bonds is 3. The van der Waals surface area contributed by atoms with Crippen LogP contribution in [0.25, 0.3) is 0 Å². The first-order valence-electron chi connectivity index (χ1n) is 6.36. The van der Waals surface area contributed by atoms with Crippen LogP contribution in [0.2, 0.25) is 0 Å². The molecular formula is C14H15BrNO3-. The van der Waals surface area contributed by atoms with E-state index in [1.807, 2.05) is 18.2 Å². The van der Waals surface area contributed by atoms with E-state index in [0.29, 0.717) is 18.5 Å². The number of carboxylic acids is 1. The molecule has 19 heavy (non-hydrogen) atoms. The minimum Gasteiger partial charge on any atom is -0.550 e. The first-order chi connectivity index (χ1) is 9.09. The zero-order valence-electron chi connectivity index (χ0n) is 10.4. The van der Waals surface area contributed by atoms with Gasteiger partial charge in [0.15, 0.2) is 0 Å². The lowest BCUT2D eigenvalue weighted by Gasteiger charge is -2.31. The molecule has 1 saturated carbocycles. The molecule has 0 bridgehead atoms. The standard InChI is InChI=1S/C14H16BrNO3/c15-11-7-3-4-8-12(11)16-13(17)9-5-1-2-6-10(9)14(18)19/h3-4,7-10H,1-2,5-6H2,(H,16,17)(H,18,19)/p-1/t9-,10+/m0/s1. The van der Waals surface area contributed by atoms with Gasteiger partial charge in [-0.3, -0.25) is 4.79 Å². The molecule has 1 amide bonds. The maximum absolute atomic E-state index is 12.2. The summed E-state index contributed by atoms with van der Waals surface area (Å²) in [5, 5.41) is 13.9. The first kappa shape index (κ1) is 14.1. The lowest BCUT2D eigenvalue weighted by molar-refractivity contribution is -0.313. The second-order valence-corrected chi connectivity index (χ2v) is 5.64. The van der Waals surface area contributed by atoms with Crippen LogP contribution in [-0.4, -0.2) is 11.9 Å². The number of nitrogens with one attached hydrogen (secondary N) is 1. The number of hydrogen-bond donors (Lipinski definition) is 1. The van der Waals surface area contributed by atoms with Crippen LogP contribution in [-0.2, 0) is 9.59 Å². The van der Waals surface area contributed by atoms with E-state index in [0.717, 1.165) is 17.3 Å². The van der Waals surface area contributed by atoms with E-state index in [9.17, 15) is 14.7 Å². The van der Waals surface area contributed by atoms with Crippen LogP contribution in [0.3, 0.4) is 0 Å². The molecule has 0 radical (unpaired) electrons. The van der Waals surface area contributed by atoms with E-state index in [2.05, 4.69) is 21.2 Å². The molecule has 1 N–H and O–H groups in total. The molecule has 1 aromatic carbocycles. The number of aliphatic carboxylic acids is 1. The predicted molar refractivity (Wildman–Crippen MR) is 73.2 cm³/mol. The Hall–Kier alpha value is -1.36. The van der Waals surface area contributed by atoms with Crippen LogP contribution in [0.5, 0.6) is 0 Å². The second kappa shape index (κ2) is 6.19. The summed E-state index contributed by atoms with van der Waals surface area (Å²) < 4.78 is 0.782. The Kier molecular flexibility index (Phi) is 4.58. The van der Waals surface area contributed by atoms with Crippen molar-refractivity contribution < 1.29 is 14.7 Å². The minimum absolute atomic E-state index is 0.235. The Morgan fingerprint density at radius 3 is 2.42 bits per heavy atom. The van der Waals surface area contributed by atoms with Gasteiger partial charge in [0, 0.05) is 22.3 Å². The van der Waals surface area contributed by atoms with Crippen molar-refractivity contribution in [3.8, 4) is 0 Å². The monoisotopic (exact) mass is 324 g/mol. The van der Waals surface area contributed by atoms with Crippen LogP contribution in [0, 0.1) is 11.8 Å². The zero-order valence-corrected chi connectivity index (χ0v) is 12.0. The van der Waals surface area contributed by atoms with E-state index < -0.39 is 17.8 Å². The molecule has 2 atom stereocenters. The van der Waals surface area contributed by atoms with E-state index in [1.165, 1.54) is 0 Å². The Balaban J connectivity index is 2.10. The fourth-order valence-electron chi connectivity index (χ4n) is 2.51. The van der Waals surface area contributed by atoms with Crippen LogP contribution < -0.4 is 10.4 Å². The Morgan fingerprint density at radius 1 is 1.16 bits per heavy atom. The molecule has 1 aromatic rings. The molecule has 2 rings (SSSR count). The van der Waals surface area contributed by atoms with Crippen LogP contribution in [0.4, 0.5) is 5.69 Å². The number of carbonyl (C=O) groups excluding carboxylic acids is 2. The molecule has 102 valence electrons. The second-order valence-electron chi connectivity index (χ2n) is 4.79. The van der Waals surface area contributed by atoms with Crippen molar-refractivity contribution in [1.29, 1.82) is 0 Å². The number of carbonyl (C=O) groups is 2. The fourth-order valence-corrected chi connectivity index (χ4v) is 2.90. The third kappa shape index (κ3) is 3.35. The van der Waals surface area contributed by atoms with Gasteiger partial charge in [-0.1, -0.05) is 25.0 Å². The third-order valence-corrected chi connectivity index (χ3v) is 4.23. The lowest BCUT2D eigenvalue weighted by atomic mass is 9.78. The molecular weight excluding hydrogens is 310 g/mol. The number of halogens is 1. The number of benzene rings is 1. The first-order valence-corrected chi connectivity index (χ1v) is 7.15. The summed E-state index contributed by atoms with van der Waals surface area (Å²) in [5.41, 5.74) is 0.662. The van der Waals surface area contributed by atoms with E-state index in [4.69, 9.17) is 0 Å². The van der Waals surface area contributed by atoms with E-state index in [1.54, 1.807) is 6.07 Å². The van der Waals surface area contributed by atoms with Crippen molar-refractivity contribution in [2.24, 2.45) is 11.8 Å². The smallest absolute Gasteiger partial charge is 0.228 e. The minimum atomic E-state index is -1.12. The number of hydrogen-bond acceptors (Lipinski definition) is 3. The molecule has 0 aromatic heterocycles. The van der Waals surface area contributed by atoms with Gasteiger partial charge in [0.1, 0.15) is 0 Å². The van der Waals surface area contributed by atoms with Crippen molar-refractivity contribution >= 4 is 33.5 Å². The summed E-state index contributed by atoms with van der Waals surface area (Å²) in [5.74, 6) is -2.52. The molecule has 4 nitrogen and oxygen atoms in total. The normalized spacial score (nSPS) is 22.8. The van der Waals surface area contributed by atoms with E-state index in [-0.39, 0.29) is 5.91 Å². The predicted octanol–water partition coefficient (Wildman–Crippen LogP) is 1.94. The van der Waals surface area contributed by atoms with Gasteiger partial charge < -0.3 is 15.2 Å². The highest BCUT2D eigenvalue weighted by atomic mass is 79.9. The lowest BCUT2D eigenvalue weighted by Crippen LogP contribution is -2.42. The van der Waals surface area contributed by atoms with Gasteiger partial charge in [0.25, 0.3) is 0 Å². The molecule has 0 aliphatic heterocycles. The van der Waals surface area contributed by atoms with Crippen molar-refractivity contribution in [1.82, 2.24) is 0 Å². The fraction of sp³-hybridized carbons (Fsp3) is 0.429. The average molecular weight is 325 g/mol. The summed E-state index contributed by atoms with van der Waals surface area (Å²) in [7, 11) is 0. The Labute approximate surface area is 120 Å². The Bertz CT molecular complexity index is 489. The largest absolute Gasteiger partial charge is 0.550 e. The maximum Gasteiger partial charge on any atom is 0.228 e. The molecule has 5 heteroatoms. The average Bonchev–Trinajstić information content (AvgIpc) is 2.41. The van der Waals surface area contributed by atoms with Gasteiger partial charge in [0.2, 0.25) is 5.91 Å². The topological polar surface area (TPSA) is 69.2 Å². The SMILES string of the molecule is O=C(Nc1ccccc1Br)[C@H]1CCCC[C@H]1C(=O)[O-]. The number of amides is 1. The molecule has 0 heterocycles. The highest BCUT2D eigenvalue weighted by Gasteiger charge is 2.31. The third-order valence-electron chi connectivity index (χ3n) is 3.54. The number of anilines is 1. The van der Waals surface area contributed by atoms with Crippen molar-refractivity contribution in [2.45, 2.75) is 25.7 Å². The number of carboxylic acid groups (broad SMARTS) is 1. The molecule has 0 unspecified atom stereocenters. The molecule has 1 aliphatic carbocycles. The molecule has 1 aliphatic rings. The maximum atomic E-state index is 12.2. The van der Waals surface area contributed by atoms with Crippen molar-refractivity contribution in [3.05, 3.63) is 28.7 Å².